The lowest BCUT2D eigenvalue weighted by Crippen LogP contribution is -2.54. The van der Waals surface area contributed by atoms with Crippen molar-refractivity contribution in [1.29, 1.82) is 0 Å². The molecule has 1 nitrogen and oxygen atoms in total. The number of fused-ring (bicyclic) bond motifs is 3. The van der Waals surface area contributed by atoms with Gasteiger partial charge in [-0.2, -0.15) is 0 Å². The highest BCUT2D eigenvalue weighted by atomic mass is 16.3. The van der Waals surface area contributed by atoms with Crippen LogP contribution in [0, 0.1) is 28.1 Å². The number of hydrogen-bond acceptors (Lipinski definition) is 1. The molecule has 0 aromatic carbocycles. The molecule has 0 aromatic heterocycles. The van der Waals surface area contributed by atoms with E-state index in [1.54, 1.807) is 0 Å². The van der Waals surface area contributed by atoms with Gasteiger partial charge in [-0.1, -0.05) is 51.8 Å². The standard InChI is InChI=1S/C20H32O/c1-6-19(4)12-14-8-9-16-18(2,3)10-7-11-20(16,5)17(14)15(21)13-19/h6,12,15-17,21H,1,7-11,13H2,2-5H3/t15-,16+,17-,19-,20+/m0/s1. The summed E-state index contributed by atoms with van der Waals surface area (Å²) in [6, 6.07) is 0. The Hall–Kier alpha value is -0.560. The van der Waals surface area contributed by atoms with Gasteiger partial charge in [0.1, 0.15) is 0 Å². The Morgan fingerprint density at radius 2 is 1.95 bits per heavy atom. The zero-order valence-electron chi connectivity index (χ0n) is 14.3. The van der Waals surface area contributed by atoms with Gasteiger partial charge in [0.25, 0.3) is 0 Å². The lowest BCUT2D eigenvalue weighted by molar-refractivity contribution is -0.0980. The average molecular weight is 288 g/mol. The normalized spacial score (nSPS) is 48.8. The van der Waals surface area contributed by atoms with Crippen molar-refractivity contribution in [3.63, 3.8) is 0 Å². The first-order valence-corrected chi connectivity index (χ1v) is 8.75. The quantitative estimate of drug-likeness (QED) is 0.665. The second-order valence-electron chi connectivity index (χ2n) is 9.12. The summed E-state index contributed by atoms with van der Waals surface area (Å²) in [5, 5.41) is 11.0. The average Bonchev–Trinajstić information content (AvgIpc) is 2.36. The van der Waals surface area contributed by atoms with E-state index in [4.69, 9.17) is 0 Å². The van der Waals surface area contributed by atoms with Crippen LogP contribution in [-0.2, 0) is 0 Å². The summed E-state index contributed by atoms with van der Waals surface area (Å²) in [7, 11) is 0. The van der Waals surface area contributed by atoms with Gasteiger partial charge in [-0.05, 0) is 48.9 Å². The van der Waals surface area contributed by atoms with Gasteiger partial charge >= 0.3 is 0 Å². The molecule has 5 atom stereocenters. The van der Waals surface area contributed by atoms with Gasteiger partial charge in [-0.15, -0.1) is 6.58 Å². The molecule has 2 fully saturated rings. The van der Waals surface area contributed by atoms with E-state index >= 15 is 0 Å². The zero-order chi connectivity index (χ0) is 15.5. The molecule has 0 heterocycles. The largest absolute Gasteiger partial charge is 0.392 e. The monoisotopic (exact) mass is 288 g/mol. The Morgan fingerprint density at radius 1 is 1.24 bits per heavy atom. The summed E-state index contributed by atoms with van der Waals surface area (Å²) in [4.78, 5) is 0. The summed E-state index contributed by atoms with van der Waals surface area (Å²) in [5.41, 5.74) is 2.22. The Morgan fingerprint density at radius 3 is 2.62 bits per heavy atom. The van der Waals surface area contributed by atoms with E-state index in [1.807, 2.05) is 6.08 Å². The van der Waals surface area contributed by atoms with Crippen molar-refractivity contribution in [2.45, 2.75) is 72.3 Å². The van der Waals surface area contributed by atoms with Gasteiger partial charge in [-0.25, -0.2) is 0 Å². The molecule has 2 saturated carbocycles. The smallest absolute Gasteiger partial charge is 0.0622 e. The summed E-state index contributed by atoms with van der Waals surface area (Å²) in [6.07, 6.45) is 11.5. The molecule has 1 heteroatoms. The van der Waals surface area contributed by atoms with Crippen molar-refractivity contribution in [3.8, 4) is 0 Å². The Balaban J connectivity index is 2.02. The third kappa shape index (κ3) is 2.23. The molecule has 3 aliphatic carbocycles. The zero-order valence-corrected chi connectivity index (χ0v) is 14.3. The van der Waals surface area contributed by atoms with Crippen molar-refractivity contribution < 1.29 is 5.11 Å². The molecule has 0 saturated heterocycles. The maximum atomic E-state index is 11.0. The molecule has 0 spiro atoms. The van der Waals surface area contributed by atoms with Gasteiger partial charge in [0, 0.05) is 11.3 Å². The molecule has 0 aliphatic heterocycles. The van der Waals surface area contributed by atoms with Crippen LogP contribution in [0.4, 0.5) is 0 Å². The minimum absolute atomic E-state index is 0.0152. The fourth-order valence-electron chi connectivity index (χ4n) is 6.19. The van der Waals surface area contributed by atoms with E-state index in [1.165, 1.54) is 37.7 Å². The van der Waals surface area contributed by atoms with Crippen LogP contribution >= 0.6 is 0 Å². The Labute approximate surface area is 130 Å². The molecule has 1 N–H and O–H groups in total. The first-order chi connectivity index (χ1) is 9.72. The van der Waals surface area contributed by atoms with Crippen LogP contribution in [0.5, 0.6) is 0 Å². The van der Waals surface area contributed by atoms with E-state index < -0.39 is 0 Å². The molecule has 3 rings (SSSR count). The Bertz CT molecular complexity index is 474. The maximum absolute atomic E-state index is 11.0. The predicted octanol–water partition coefficient (Wildman–Crippen LogP) is 5.11. The number of allylic oxidation sites excluding steroid dienone is 2. The first-order valence-electron chi connectivity index (χ1n) is 8.75. The number of rotatable bonds is 1. The lowest BCUT2D eigenvalue weighted by atomic mass is 9.45. The van der Waals surface area contributed by atoms with Gasteiger partial charge < -0.3 is 5.11 Å². The minimum atomic E-state index is -0.199. The van der Waals surface area contributed by atoms with E-state index in [9.17, 15) is 5.11 Å². The summed E-state index contributed by atoms with van der Waals surface area (Å²) >= 11 is 0. The van der Waals surface area contributed by atoms with Gasteiger partial charge in [0.15, 0.2) is 0 Å². The van der Waals surface area contributed by atoms with Crippen molar-refractivity contribution in [3.05, 3.63) is 24.3 Å². The molecule has 0 bridgehead atoms. The van der Waals surface area contributed by atoms with Crippen molar-refractivity contribution >= 4 is 0 Å². The second kappa shape index (κ2) is 4.72. The molecule has 0 unspecified atom stereocenters. The van der Waals surface area contributed by atoms with Crippen molar-refractivity contribution in [2.24, 2.45) is 28.1 Å². The van der Waals surface area contributed by atoms with E-state index in [-0.39, 0.29) is 16.9 Å². The lowest BCUT2D eigenvalue weighted by Gasteiger charge is -2.60. The van der Waals surface area contributed by atoms with E-state index in [0.29, 0.717) is 11.3 Å². The Kier molecular flexibility index (Phi) is 3.44. The third-order valence-electron chi connectivity index (χ3n) is 7.12. The first kappa shape index (κ1) is 15.3. The molecule has 0 amide bonds. The molecule has 21 heavy (non-hydrogen) atoms. The van der Waals surface area contributed by atoms with Crippen molar-refractivity contribution in [2.75, 3.05) is 0 Å². The summed E-state index contributed by atoms with van der Waals surface area (Å²) in [5.74, 6) is 1.13. The fourth-order valence-corrected chi connectivity index (χ4v) is 6.19. The van der Waals surface area contributed by atoms with Crippen molar-refractivity contribution in [1.82, 2.24) is 0 Å². The molecule has 0 aromatic rings. The minimum Gasteiger partial charge on any atom is -0.392 e. The highest BCUT2D eigenvalue weighted by molar-refractivity contribution is 5.28. The predicted molar refractivity (Wildman–Crippen MR) is 89.0 cm³/mol. The van der Waals surface area contributed by atoms with Crippen LogP contribution in [-0.4, -0.2) is 11.2 Å². The van der Waals surface area contributed by atoms with Crippen LogP contribution in [0.2, 0.25) is 0 Å². The summed E-state index contributed by atoms with van der Waals surface area (Å²) in [6.45, 7) is 13.6. The molecule has 3 aliphatic rings. The van der Waals surface area contributed by atoms with Crippen LogP contribution in [0.25, 0.3) is 0 Å². The van der Waals surface area contributed by atoms with Crippen LogP contribution in [0.3, 0.4) is 0 Å². The number of hydrogen-bond donors (Lipinski definition) is 1. The highest BCUT2D eigenvalue weighted by Gasteiger charge is 2.56. The van der Waals surface area contributed by atoms with Crippen LogP contribution < -0.4 is 0 Å². The topological polar surface area (TPSA) is 20.2 Å². The van der Waals surface area contributed by atoms with Crippen LogP contribution in [0.15, 0.2) is 24.3 Å². The van der Waals surface area contributed by atoms with Gasteiger partial charge in [0.05, 0.1) is 6.10 Å². The fraction of sp³-hybridized carbons (Fsp3) is 0.800. The SMILES string of the molecule is C=C[C@@]1(C)C=C2CC[C@@H]3C(C)(C)CCC[C@@]3(C)[C@@H]2[C@@H](O)C1. The third-order valence-corrected chi connectivity index (χ3v) is 7.12. The summed E-state index contributed by atoms with van der Waals surface area (Å²) < 4.78 is 0. The molecule has 118 valence electrons. The van der Waals surface area contributed by atoms with Gasteiger partial charge in [-0.3, -0.25) is 0 Å². The second-order valence-corrected chi connectivity index (χ2v) is 9.12. The molecule has 0 radical (unpaired) electrons. The molecular weight excluding hydrogens is 256 g/mol. The number of aliphatic hydroxyl groups excluding tert-OH is 1. The van der Waals surface area contributed by atoms with Gasteiger partial charge in [0.2, 0.25) is 0 Å². The maximum Gasteiger partial charge on any atom is 0.0622 e. The van der Waals surface area contributed by atoms with Crippen LogP contribution in [0.1, 0.15) is 66.2 Å². The van der Waals surface area contributed by atoms with E-state index in [0.717, 1.165) is 12.3 Å². The van der Waals surface area contributed by atoms with E-state index in [2.05, 4.69) is 40.3 Å². The molecular formula is C20H32O. The number of aliphatic hydroxyl groups is 1. The highest BCUT2D eigenvalue weighted by Crippen LogP contribution is 2.63.